The van der Waals surface area contributed by atoms with Crippen LogP contribution < -0.4 is 16.4 Å². The van der Waals surface area contributed by atoms with Gasteiger partial charge in [-0.1, -0.05) is 19.3 Å². The van der Waals surface area contributed by atoms with Gasteiger partial charge in [-0.2, -0.15) is 5.26 Å². The Morgan fingerprint density at radius 3 is 2.77 bits per heavy atom. The van der Waals surface area contributed by atoms with Crippen molar-refractivity contribution in [2.45, 2.75) is 32.1 Å². The molecule has 1 saturated carbocycles. The molecule has 30 heavy (non-hydrogen) atoms. The molecule has 1 aliphatic carbocycles. The van der Waals surface area contributed by atoms with Crippen molar-refractivity contribution in [2.24, 2.45) is 10.9 Å². The molecule has 0 amide bonds. The Morgan fingerprint density at radius 1 is 1.27 bits per heavy atom. The zero-order chi connectivity index (χ0) is 20.9. The molecule has 8 nitrogen and oxygen atoms in total. The number of rotatable bonds is 3. The Morgan fingerprint density at radius 2 is 2.03 bits per heavy atom. The van der Waals surface area contributed by atoms with Gasteiger partial charge in [-0.15, -0.1) is 0 Å². The molecule has 4 rings (SSSR count). The Hall–Kier alpha value is -3.05. The first-order chi connectivity index (χ1) is 14.7. The van der Waals surface area contributed by atoms with Gasteiger partial charge in [0.05, 0.1) is 18.0 Å². The van der Waals surface area contributed by atoms with Gasteiger partial charge in [0.25, 0.3) is 0 Å². The maximum atomic E-state index is 12.9. The number of carbonyl (C=O) groups is 1. The molecule has 8 heteroatoms. The lowest BCUT2D eigenvalue weighted by Crippen LogP contribution is -2.48. The van der Waals surface area contributed by atoms with E-state index in [1.165, 1.54) is 19.3 Å². The Bertz CT molecular complexity index is 905. The summed E-state index contributed by atoms with van der Waals surface area (Å²) in [6.07, 6.45) is 5.74. The van der Waals surface area contributed by atoms with Crippen LogP contribution in [0.5, 0.6) is 0 Å². The van der Waals surface area contributed by atoms with Crippen molar-refractivity contribution in [1.29, 1.82) is 5.26 Å². The molecule has 0 bridgehead atoms. The van der Waals surface area contributed by atoms with Crippen LogP contribution in [0.4, 0.5) is 17.1 Å². The molecule has 158 valence electrons. The van der Waals surface area contributed by atoms with E-state index in [4.69, 9.17) is 15.5 Å². The zero-order valence-electron chi connectivity index (χ0n) is 17.1. The molecule has 0 atom stereocenters. The molecular weight excluding hydrogens is 380 g/mol. The fourth-order valence-electron chi connectivity index (χ4n) is 4.21. The number of hydrogen-bond donors (Lipinski definition) is 3. The Labute approximate surface area is 176 Å². The summed E-state index contributed by atoms with van der Waals surface area (Å²) in [6.45, 7) is 3.47. The van der Waals surface area contributed by atoms with E-state index in [1.54, 1.807) is 12.1 Å². The highest BCUT2D eigenvalue weighted by molar-refractivity contribution is 6.12. The van der Waals surface area contributed by atoms with Crippen molar-refractivity contribution >= 4 is 28.9 Å². The molecule has 2 heterocycles. The number of nitrogens with two attached hydrogens (primary N) is 1. The molecule has 1 aromatic rings. The van der Waals surface area contributed by atoms with Gasteiger partial charge in [-0.3, -0.25) is 0 Å². The lowest BCUT2D eigenvalue weighted by Gasteiger charge is -2.34. The van der Waals surface area contributed by atoms with E-state index in [9.17, 15) is 10.1 Å². The number of esters is 1. The molecule has 0 aromatic heterocycles. The highest BCUT2D eigenvalue weighted by atomic mass is 16.5. The standard InChI is InChI=1S/C22H28N6O2/c23-13-17(22(29)30-14-15-4-2-1-3-5-15)20-21(28-10-8-25-9-11-28)27-18-7-6-16(24)12-19(18)26-20/h6-7,12,15,25-26H,1-5,8-11,14,24H2/b20-17-. The summed E-state index contributed by atoms with van der Waals surface area (Å²) in [6, 6.07) is 7.45. The van der Waals surface area contributed by atoms with Crippen LogP contribution in [0.1, 0.15) is 32.1 Å². The molecule has 2 aliphatic heterocycles. The molecule has 0 unspecified atom stereocenters. The van der Waals surface area contributed by atoms with E-state index in [0.717, 1.165) is 44.7 Å². The first kappa shape index (κ1) is 20.2. The molecule has 2 fully saturated rings. The van der Waals surface area contributed by atoms with E-state index in [2.05, 4.69) is 21.6 Å². The van der Waals surface area contributed by atoms with E-state index in [0.29, 0.717) is 35.4 Å². The maximum absolute atomic E-state index is 12.9. The van der Waals surface area contributed by atoms with Crippen molar-refractivity contribution in [2.75, 3.05) is 43.8 Å². The molecule has 0 spiro atoms. The number of nitrogens with zero attached hydrogens (tertiary/aromatic N) is 3. The minimum absolute atomic E-state index is 0.0452. The second-order valence-corrected chi connectivity index (χ2v) is 8.04. The van der Waals surface area contributed by atoms with Crippen molar-refractivity contribution in [3.63, 3.8) is 0 Å². The van der Waals surface area contributed by atoms with Crippen LogP contribution in [0, 0.1) is 17.2 Å². The summed E-state index contributed by atoms with van der Waals surface area (Å²) in [5.41, 5.74) is 8.26. The van der Waals surface area contributed by atoms with E-state index >= 15 is 0 Å². The molecular formula is C22H28N6O2. The largest absolute Gasteiger partial charge is 0.461 e. The van der Waals surface area contributed by atoms with Crippen LogP contribution in [-0.2, 0) is 9.53 Å². The molecule has 1 saturated heterocycles. The first-order valence-corrected chi connectivity index (χ1v) is 10.7. The van der Waals surface area contributed by atoms with Crippen LogP contribution in [0.15, 0.2) is 34.5 Å². The number of aliphatic imine (C=N–C) groups is 1. The number of fused-ring (bicyclic) bond motifs is 1. The third-order valence-electron chi connectivity index (χ3n) is 5.89. The monoisotopic (exact) mass is 408 g/mol. The van der Waals surface area contributed by atoms with Gasteiger partial charge < -0.3 is 26.0 Å². The minimum atomic E-state index is -0.597. The summed E-state index contributed by atoms with van der Waals surface area (Å²) in [7, 11) is 0. The van der Waals surface area contributed by atoms with Gasteiger partial charge in [0.1, 0.15) is 11.8 Å². The number of hydrogen-bond acceptors (Lipinski definition) is 8. The number of anilines is 2. The summed E-state index contributed by atoms with van der Waals surface area (Å²) >= 11 is 0. The lowest BCUT2D eigenvalue weighted by molar-refractivity contribution is -0.140. The summed E-state index contributed by atoms with van der Waals surface area (Å²) in [5, 5.41) is 16.4. The minimum Gasteiger partial charge on any atom is -0.461 e. The van der Waals surface area contributed by atoms with E-state index in [1.807, 2.05) is 6.07 Å². The van der Waals surface area contributed by atoms with Crippen LogP contribution in [0.3, 0.4) is 0 Å². The topological polar surface area (TPSA) is 116 Å². The second kappa shape index (κ2) is 9.18. The van der Waals surface area contributed by atoms with Crippen molar-refractivity contribution < 1.29 is 9.53 Å². The van der Waals surface area contributed by atoms with E-state index in [-0.39, 0.29) is 5.57 Å². The average Bonchev–Trinajstić information content (AvgIpc) is 2.79. The Balaban J connectivity index is 1.63. The predicted octanol–water partition coefficient (Wildman–Crippen LogP) is 2.53. The quantitative estimate of drug-likeness (QED) is 0.305. The molecule has 3 aliphatic rings. The maximum Gasteiger partial charge on any atom is 0.351 e. The number of carbonyl (C=O) groups excluding carboxylic acids is 1. The predicted molar refractivity (Wildman–Crippen MR) is 116 cm³/mol. The smallest absolute Gasteiger partial charge is 0.351 e. The number of amidine groups is 1. The summed E-state index contributed by atoms with van der Waals surface area (Å²) in [4.78, 5) is 19.7. The summed E-state index contributed by atoms with van der Waals surface area (Å²) in [5.74, 6) is 0.384. The van der Waals surface area contributed by atoms with Crippen LogP contribution in [-0.4, -0.2) is 49.5 Å². The molecule has 1 aromatic carbocycles. The van der Waals surface area contributed by atoms with Gasteiger partial charge in [-0.25, -0.2) is 9.79 Å². The zero-order valence-corrected chi connectivity index (χ0v) is 17.1. The SMILES string of the molecule is N#C/C(C(=O)OCC1CCCCC1)=C1/Nc2cc(N)ccc2N=C1N1CCNCC1. The first-order valence-electron chi connectivity index (χ1n) is 10.7. The third kappa shape index (κ3) is 4.41. The summed E-state index contributed by atoms with van der Waals surface area (Å²) < 4.78 is 5.57. The fourth-order valence-corrected chi connectivity index (χ4v) is 4.21. The van der Waals surface area contributed by atoms with Crippen LogP contribution in [0.2, 0.25) is 0 Å². The number of ether oxygens (including phenoxy) is 1. The number of benzene rings is 1. The van der Waals surface area contributed by atoms with Crippen molar-refractivity contribution in [3.8, 4) is 6.07 Å². The van der Waals surface area contributed by atoms with Gasteiger partial charge in [-0.05, 0) is 37.0 Å². The fraction of sp³-hybridized carbons (Fsp3) is 0.500. The van der Waals surface area contributed by atoms with Crippen molar-refractivity contribution in [1.82, 2.24) is 10.2 Å². The highest BCUT2D eigenvalue weighted by Gasteiger charge is 2.30. The van der Waals surface area contributed by atoms with Crippen molar-refractivity contribution in [3.05, 3.63) is 29.5 Å². The molecule has 0 radical (unpaired) electrons. The van der Waals surface area contributed by atoms with Crippen LogP contribution >= 0.6 is 0 Å². The number of nitrogen functional groups attached to an aromatic ring is 1. The van der Waals surface area contributed by atoms with E-state index < -0.39 is 5.97 Å². The van der Waals surface area contributed by atoms with Gasteiger partial charge in [0.2, 0.25) is 0 Å². The number of nitriles is 1. The molecule has 4 N–H and O–H groups in total. The third-order valence-corrected chi connectivity index (χ3v) is 5.89. The van der Waals surface area contributed by atoms with Gasteiger partial charge in [0.15, 0.2) is 11.4 Å². The number of piperazine rings is 1. The van der Waals surface area contributed by atoms with Crippen LogP contribution in [0.25, 0.3) is 0 Å². The Kier molecular flexibility index (Phi) is 6.19. The van der Waals surface area contributed by atoms with Gasteiger partial charge >= 0.3 is 5.97 Å². The van der Waals surface area contributed by atoms with Gasteiger partial charge in [0, 0.05) is 31.9 Å². The number of nitrogens with one attached hydrogen (secondary N) is 2. The highest BCUT2D eigenvalue weighted by Crippen LogP contribution is 2.34. The normalized spacial score (nSPS) is 21.0. The lowest BCUT2D eigenvalue weighted by atomic mass is 9.90. The second-order valence-electron chi connectivity index (χ2n) is 8.04. The average molecular weight is 409 g/mol.